The van der Waals surface area contributed by atoms with Crippen molar-refractivity contribution in [2.45, 2.75) is 48.1 Å². The van der Waals surface area contributed by atoms with Crippen LogP contribution in [0.2, 0.25) is 0 Å². The normalized spacial score (nSPS) is 12.7. The van der Waals surface area contributed by atoms with Crippen molar-refractivity contribution in [1.82, 2.24) is 0 Å². The molecule has 0 atom stereocenters. The van der Waals surface area contributed by atoms with E-state index in [0.29, 0.717) is 5.56 Å². The van der Waals surface area contributed by atoms with Gasteiger partial charge in [-0.3, -0.25) is 0 Å². The minimum Gasteiger partial charge on any atom is -0.441 e. The number of esters is 1. The second-order valence-corrected chi connectivity index (χ2v) is 14.7. The molecule has 0 fully saturated rings. The Balaban J connectivity index is 0.000000209. The topological polar surface area (TPSA) is 43.4 Å². The molecule has 0 N–H and O–H groups in total. The van der Waals surface area contributed by atoms with Crippen LogP contribution < -0.4 is 15.9 Å². The van der Waals surface area contributed by atoms with Gasteiger partial charge in [-0.1, -0.05) is 183 Å². The third-order valence-electron chi connectivity index (χ3n) is 8.60. The van der Waals surface area contributed by atoms with Crippen LogP contribution in [0, 0.1) is 27.7 Å². The second-order valence-electron chi connectivity index (χ2n) is 12.0. The molecule has 0 aliphatic carbocycles. The average Bonchev–Trinajstić information content (AvgIpc) is 3.39. The van der Waals surface area contributed by atoms with E-state index in [1.807, 2.05) is 141 Å². The van der Waals surface area contributed by atoms with Crippen LogP contribution in [-0.4, -0.2) is 5.97 Å². The molecular formula is C44H45O3P. The maximum absolute atomic E-state index is 14.0. The summed E-state index contributed by atoms with van der Waals surface area (Å²) in [5.74, 6) is -0.272. The lowest BCUT2D eigenvalue weighted by Gasteiger charge is -2.30. The predicted molar refractivity (Wildman–Crippen MR) is 203 cm³/mol. The van der Waals surface area contributed by atoms with E-state index in [-0.39, 0.29) is 20.8 Å². The predicted octanol–water partition coefficient (Wildman–Crippen LogP) is 9.98. The summed E-state index contributed by atoms with van der Waals surface area (Å²) in [5, 5.41) is 2.64. The van der Waals surface area contributed by atoms with Gasteiger partial charge >= 0.3 is 5.97 Å². The lowest BCUT2D eigenvalue weighted by Crippen LogP contribution is -2.29. The Morgan fingerprint density at radius 3 is 1.25 bits per heavy atom. The summed E-state index contributed by atoms with van der Waals surface area (Å²) in [6.45, 7) is 8.19. The van der Waals surface area contributed by atoms with Crippen LogP contribution in [0.3, 0.4) is 0 Å². The maximum Gasteiger partial charge on any atom is 0.340 e. The first kappa shape index (κ1) is 35.9. The quantitative estimate of drug-likeness (QED) is 0.138. The van der Waals surface area contributed by atoms with Gasteiger partial charge in [-0.2, -0.15) is 0 Å². The molecule has 7 rings (SSSR count). The fourth-order valence-corrected chi connectivity index (χ4v) is 8.61. The van der Waals surface area contributed by atoms with Crippen molar-refractivity contribution in [1.29, 1.82) is 0 Å². The molecule has 0 spiro atoms. The summed E-state index contributed by atoms with van der Waals surface area (Å²) in [4.78, 5) is 12.5. The Hall–Kier alpha value is -4.98. The van der Waals surface area contributed by atoms with Crippen LogP contribution in [0.15, 0.2) is 152 Å². The highest BCUT2D eigenvalue weighted by molar-refractivity contribution is 7.85. The molecule has 0 saturated heterocycles. The largest absolute Gasteiger partial charge is 0.441 e. The zero-order valence-electron chi connectivity index (χ0n) is 26.6. The number of carbonyl (C=O) groups excluding carboxylic acids is 1. The van der Waals surface area contributed by atoms with Crippen LogP contribution >= 0.6 is 7.14 Å². The summed E-state index contributed by atoms with van der Waals surface area (Å²) in [5.41, 5.74) is 7.30. The zero-order chi connectivity index (χ0) is 32.3. The number of cyclic esters (lactones) is 1. The third-order valence-corrected chi connectivity index (χ3v) is 11.7. The number of fused-ring (bicyclic) bond motifs is 1. The number of hydrogen-bond acceptors (Lipinski definition) is 3. The van der Waals surface area contributed by atoms with Crippen molar-refractivity contribution in [2.24, 2.45) is 0 Å². The highest BCUT2D eigenvalue weighted by Crippen LogP contribution is 2.47. The average molecular weight is 653 g/mol. The summed E-state index contributed by atoms with van der Waals surface area (Å²) >= 11 is 0. The van der Waals surface area contributed by atoms with Gasteiger partial charge in [0.25, 0.3) is 0 Å². The Kier molecular flexibility index (Phi) is 11.1. The van der Waals surface area contributed by atoms with Crippen LogP contribution in [0.4, 0.5) is 0 Å². The van der Waals surface area contributed by atoms with Crippen LogP contribution in [0.5, 0.6) is 0 Å². The van der Waals surface area contributed by atoms with E-state index >= 15 is 0 Å². The molecule has 0 aromatic heterocycles. The molecule has 48 heavy (non-hydrogen) atoms. The summed E-state index contributed by atoms with van der Waals surface area (Å²) in [6, 6.07) is 49.9. The van der Waals surface area contributed by atoms with Crippen molar-refractivity contribution in [3.8, 4) is 0 Å². The number of aryl methyl sites for hydroxylation is 4. The fourth-order valence-electron chi connectivity index (χ4n) is 5.98. The number of ether oxygens (including phenoxy) is 1. The first-order valence-corrected chi connectivity index (χ1v) is 17.2. The molecule has 0 radical (unpaired) electrons. The van der Waals surface area contributed by atoms with Crippen LogP contribution in [0.1, 0.15) is 64.2 Å². The molecule has 0 unspecified atom stereocenters. The van der Waals surface area contributed by atoms with Crippen molar-refractivity contribution in [3.05, 3.63) is 196 Å². The molecule has 1 heterocycles. The van der Waals surface area contributed by atoms with Crippen molar-refractivity contribution in [2.75, 3.05) is 0 Å². The van der Waals surface area contributed by atoms with Crippen molar-refractivity contribution >= 4 is 29.0 Å². The van der Waals surface area contributed by atoms with Gasteiger partial charge in [0, 0.05) is 32.6 Å². The highest BCUT2D eigenvalue weighted by Gasteiger charge is 2.48. The smallest absolute Gasteiger partial charge is 0.340 e. The molecular weight excluding hydrogens is 607 g/mol. The van der Waals surface area contributed by atoms with E-state index in [1.165, 1.54) is 22.3 Å². The lowest BCUT2D eigenvalue weighted by molar-refractivity contribution is 0.0251. The fraction of sp³-hybridized carbons (Fsp3) is 0.159. The number of rotatable bonds is 5. The third kappa shape index (κ3) is 6.70. The Morgan fingerprint density at radius 1 is 0.458 bits per heavy atom. The molecule has 1 aliphatic rings. The molecule has 6 aromatic rings. The summed E-state index contributed by atoms with van der Waals surface area (Å²) in [6.07, 6.45) is 0. The minimum atomic E-state index is -2.82. The summed E-state index contributed by atoms with van der Waals surface area (Å²) < 4.78 is 20.1. The zero-order valence-corrected chi connectivity index (χ0v) is 27.5. The number of benzene rings is 6. The highest BCUT2D eigenvalue weighted by atomic mass is 31.2. The Bertz CT molecular complexity index is 1920. The lowest BCUT2D eigenvalue weighted by atomic mass is 9.79. The van der Waals surface area contributed by atoms with Crippen molar-refractivity contribution < 1.29 is 14.1 Å². The molecule has 244 valence electrons. The van der Waals surface area contributed by atoms with Gasteiger partial charge in [0.1, 0.15) is 0 Å². The first-order chi connectivity index (χ1) is 22.2. The number of carbonyl (C=O) groups is 1. The molecule has 3 nitrogen and oxygen atoms in total. The Labute approximate surface area is 286 Å². The minimum absolute atomic E-state index is 0. The summed E-state index contributed by atoms with van der Waals surface area (Å²) in [7, 11) is -2.82. The van der Waals surface area contributed by atoms with Crippen LogP contribution in [-0.2, 0) is 14.9 Å². The molecule has 0 bridgehead atoms. The van der Waals surface area contributed by atoms with Gasteiger partial charge < -0.3 is 9.30 Å². The monoisotopic (exact) mass is 652 g/mol. The van der Waals surface area contributed by atoms with Gasteiger partial charge in [0.05, 0.1) is 5.56 Å². The maximum atomic E-state index is 14.0. The Morgan fingerprint density at radius 2 is 0.812 bits per heavy atom. The van der Waals surface area contributed by atoms with Crippen molar-refractivity contribution in [3.63, 3.8) is 0 Å². The SMILES string of the molecule is C.C.Cc1ccc(C2(c3ccc(C)cc3)OC(=O)c3ccccc32)cc1.Cc1ccc(P(=O)(c2ccccc2)c2ccc(C)cc2)cc1. The first-order valence-electron chi connectivity index (χ1n) is 15.5. The molecule has 1 aliphatic heterocycles. The van der Waals surface area contributed by atoms with Gasteiger partial charge in [0.15, 0.2) is 12.7 Å². The molecule has 4 heteroatoms. The molecule has 6 aromatic carbocycles. The van der Waals surface area contributed by atoms with E-state index in [1.54, 1.807) is 0 Å². The van der Waals surface area contributed by atoms with E-state index in [9.17, 15) is 9.36 Å². The van der Waals surface area contributed by atoms with Gasteiger partial charge in [0.2, 0.25) is 0 Å². The molecule has 0 amide bonds. The van der Waals surface area contributed by atoms with E-state index in [2.05, 4.69) is 38.1 Å². The number of hydrogen-bond donors (Lipinski definition) is 0. The van der Waals surface area contributed by atoms with E-state index in [4.69, 9.17) is 4.74 Å². The van der Waals surface area contributed by atoms with Gasteiger partial charge in [-0.15, -0.1) is 0 Å². The van der Waals surface area contributed by atoms with Crippen LogP contribution in [0.25, 0.3) is 0 Å². The van der Waals surface area contributed by atoms with Gasteiger partial charge in [-0.25, -0.2) is 4.79 Å². The molecule has 0 saturated carbocycles. The second kappa shape index (κ2) is 14.8. The van der Waals surface area contributed by atoms with E-state index in [0.717, 1.165) is 32.6 Å². The van der Waals surface area contributed by atoms with Gasteiger partial charge in [-0.05, 0) is 33.8 Å². The standard InChI is InChI=1S/C22H18O2.C20H19OP.2CH4/c1-15-7-11-17(12-8-15)22(18-13-9-16(2)10-14-18)20-6-4-3-5-19(20)21(23)24-22;1-16-8-12-19(13-9-16)22(21,18-6-4-3-5-7-18)20-14-10-17(2)11-15-20;;/h3-14H,1-2H3;3-15H,1-2H3;2*1H4. The van der Waals surface area contributed by atoms with E-state index < -0.39 is 12.7 Å².